The topological polar surface area (TPSA) is 37.8 Å². The summed E-state index contributed by atoms with van der Waals surface area (Å²) < 4.78 is 0. The van der Waals surface area contributed by atoms with Crippen molar-refractivity contribution in [3.8, 4) is 0 Å². The van der Waals surface area contributed by atoms with Crippen LogP contribution < -0.4 is 5.32 Å². The lowest BCUT2D eigenvalue weighted by molar-refractivity contribution is 0.523. The summed E-state index contributed by atoms with van der Waals surface area (Å²) in [6.45, 7) is 5.51. The molecule has 1 N–H and O–H groups in total. The second-order valence-corrected chi connectivity index (χ2v) is 5.14. The third-order valence-electron chi connectivity index (χ3n) is 2.65. The maximum absolute atomic E-state index is 5.76. The standard InChI is InChI=1S/C13H22ClN3/c1-11(2)7-5-3-4-6-8-15-13-9-12(14)16-10-17-13/h9-11H,3-8H2,1-2H3,(H,15,16,17). The largest absolute Gasteiger partial charge is 0.370 e. The van der Waals surface area contributed by atoms with E-state index in [9.17, 15) is 0 Å². The molecule has 17 heavy (non-hydrogen) atoms. The third-order valence-corrected chi connectivity index (χ3v) is 2.85. The van der Waals surface area contributed by atoms with E-state index >= 15 is 0 Å². The Kier molecular flexibility index (Phi) is 6.94. The molecule has 0 fully saturated rings. The van der Waals surface area contributed by atoms with Gasteiger partial charge in [-0.3, -0.25) is 0 Å². The van der Waals surface area contributed by atoms with Gasteiger partial charge in [0.25, 0.3) is 0 Å². The van der Waals surface area contributed by atoms with Gasteiger partial charge in [0.2, 0.25) is 0 Å². The molecule has 0 saturated heterocycles. The summed E-state index contributed by atoms with van der Waals surface area (Å²) in [7, 11) is 0. The fraction of sp³-hybridized carbons (Fsp3) is 0.692. The van der Waals surface area contributed by atoms with Crippen molar-refractivity contribution in [1.29, 1.82) is 0 Å². The zero-order chi connectivity index (χ0) is 12.5. The quantitative estimate of drug-likeness (QED) is 0.560. The highest BCUT2D eigenvalue weighted by molar-refractivity contribution is 6.29. The molecule has 0 bridgehead atoms. The number of hydrogen-bond donors (Lipinski definition) is 1. The van der Waals surface area contributed by atoms with Gasteiger partial charge in [0.15, 0.2) is 0 Å². The summed E-state index contributed by atoms with van der Waals surface area (Å²) >= 11 is 5.76. The molecule has 1 rings (SSSR count). The minimum Gasteiger partial charge on any atom is -0.370 e. The molecule has 0 spiro atoms. The van der Waals surface area contributed by atoms with Crippen molar-refractivity contribution in [3.63, 3.8) is 0 Å². The molecule has 0 aromatic carbocycles. The van der Waals surface area contributed by atoms with Gasteiger partial charge in [-0.15, -0.1) is 0 Å². The Morgan fingerprint density at radius 3 is 2.65 bits per heavy atom. The van der Waals surface area contributed by atoms with E-state index in [1.165, 1.54) is 38.4 Å². The molecule has 0 aliphatic carbocycles. The SMILES string of the molecule is CC(C)CCCCCCNc1cc(Cl)ncn1. The minimum atomic E-state index is 0.486. The Bertz CT molecular complexity index is 315. The molecule has 0 aliphatic rings. The highest BCUT2D eigenvalue weighted by Crippen LogP contribution is 2.11. The Hall–Kier alpha value is -0.830. The van der Waals surface area contributed by atoms with E-state index in [-0.39, 0.29) is 0 Å². The normalized spacial score (nSPS) is 10.8. The molecule has 1 heterocycles. The summed E-state index contributed by atoms with van der Waals surface area (Å²) in [5, 5.41) is 3.74. The first-order chi connectivity index (χ1) is 8.18. The summed E-state index contributed by atoms with van der Waals surface area (Å²) in [5.41, 5.74) is 0. The molecule has 0 aliphatic heterocycles. The van der Waals surface area contributed by atoms with Crippen molar-refractivity contribution in [3.05, 3.63) is 17.5 Å². The molecule has 0 atom stereocenters. The average Bonchev–Trinajstić information content (AvgIpc) is 2.27. The molecular formula is C13H22ClN3. The van der Waals surface area contributed by atoms with Crippen LogP contribution in [0.15, 0.2) is 12.4 Å². The van der Waals surface area contributed by atoms with E-state index in [4.69, 9.17) is 11.6 Å². The van der Waals surface area contributed by atoms with Gasteiger partial charge in [-0.25, -0.2) is 9.97 Å². The van der Waals surface area contributed by atoms with Gasteiger partial charge in [-0.1, -0.05) is 51.1 Å². The van der Waals surface area contributed by atoms with Gasteiger partial charge in [-0.2, -0.15) is 0 Å². The van der Waals surface area contributed by atoms with Crippen molar-refractivity contribution >= 4 is 17.4 Å². The second kappa shape index (κ2) is 8.29. The van der Waals surface area contributed by atoms with Crippen LogP contribution in [0.5, 0.6) is 0 Å². The van der Waals surface area contributed by atoms with Crippen molar-refractivity contribution < 1.29 is 0 Å². The maximum Gasteiger partial charge on any atom is 0.134 e. The van der Waals surface area contributed by atoms with Crippen LogP contribution in [0.25, 0.3) is 0 Å². The predicted octanol–water partition coefficient (Wildman–Crippen LogP) is 4.15. The van der Waals surface area contributed by atoms with Gasteiger partial charge in [0.1, 0.15) is 17.3 Å². The lowest BCUT2D eigenvalue weighted by atomic mass is 10.0. The summed E-state index contributed by atoms with van der Waals surface area (Å²) in [6.07, 6.45) is 7.95. The van der Waals surface area contributed by atoms with Crippen molar-refractivity contribution in [2.45, 2.75) is 46.0 Å². The van der Waals surface area contributed by atoms with E-state index in [1.807, 2.05) is 0 Å². The molecule has 1 aromatic rings. The molecule has 0 unspecified atom stereocenters. The first-order valence-electron chi connectivity index (χ1n) is 6.40. The zero-order valence-electron chi connectivity index (χ0n) is 10.7. The van der Waals surface area contributed by atoms with Crippen LogP contribution in [-0.4, -0.2) is 16.5 Å². The molecule has 0 radical (unpaired) electrons. The highest BCUT2D eigenvalue weighted by Gasteiger charge is 1.96. The van der Waals surface area contributed by atoms with E-state index in [2.05, 4.69) is 29.1 Å². The van der Waals surface area contributed by atoms with Crippen LogP contribution in [0.1, 0.15) is 46.0 Å². The Morgan fingerprint density at radius 2 is 1.94 bits per heavy atom. The van der Waals surface area contributed by atoms with Crippen LogP contribution in [-0.2, 0) is 0 Å². The smallest absolute Gasteiger partial charge is 0.134 e. The molecule has 4 heteroatoms. The Morgan fingerprint density at radius 1 is 1.18 bits per heavy atom. The van der Waals surface area contributed by atoms with Gasteiger partial charge < -0.3 is 5.32 Å². The van der Waals surface area contributed by atoms with E-state index in [1.54, 1.807) is 6.07 Å². The molecule has 96 valence electrons. The van der Waals surface area contributed by atoms with Crippen LogP contribution >= 0.6 is 11.6 Å². The number of nitrogens with one attached hydrogen (secondary N) is 1. The van der Waals surface area contributed by atoms with Crippen LogP contribution in [0.2, 0.25) is 5.15 Å². The van der Waals surface area contributed by atoms with Gasteiger partial charge in [-0.05, 0) is 12.3 Å². The molecular weight excluding hydrogens is 234 g/mol. The van der Waals surface area contributed by atoms with Gasteiger partial charge >= 0.3 is 0 Å². The number of unbranched alkanes of at least 4 members (excludes halogenated alkanes) is 3. The first kappa shape index (κ1) is 14.2. The highest BCUT2D eigenvalue weighted by atomic mass is 35.5. The lowest BCUT2D eigenvalue weighted by Crippen LogP contribution is -2.03. The summed E-state index contributed by atoms with van der Waals surface area (Å²) in [4.78, 5) is 7.93. The van der Waals surface area contributed by atoms with Crippen LogP contribution in [0.4, 0.5) is 5.82 Å². The second-order valence-electron chi connectivity index (χ2n) is 4.75. The monoisotopic (exact) mass is 255 g/mol. The fourth-order valence-electron chi connectivity index (χ4n) is 1.68. The van der Waals surface area contributed by atoms with E-state index < -0.39 is 0 Å². The minimum absolute atomic E-state index is 0.486. The predicted molar refractivity (Wildman–Crippen MR) is 73.5 cm³/mol. The van der Waals surface area contributed by atoms with Crippen LogP contribution in [0.3, 0.4) is 0 Å². The summed E-state index contributed by atoms with van der Waals surface area (Å²) in [6, 6.07) is 1.75. The fourth-order valence-corrected chi connectivity index (χ4v) is 1.82. The van der Waals surface area contributed by atoms with Crippen molar-refractivity contribution in [1.82, 2.24) is 9.97 Å². The number of anilines is 1. The summed E-state index contributed by atoms with van der Waals surface area (Å²) in [5.74, 6) is 1.64. The molecule has 0 saturated carbocycles. The number of halogens is 1. The van der Waals surface area contributed by atoms with Crippen LogP contribution in [0, 0.1) is 5.92 Å². The zero-order valence-corrected chi connectivity index (χ0v) is 11.5. The third kappa shape index (κ3) is 7.16. The maximum atomic E-state index is 5.76. The first-order valence-corrected chi connectivity index (χ1v) is 6.77. The van der Waals surface area contributed by atoms with E-state index in [0.717, 1.165) is 18.3 Å². The number of aromatic nitrogens is 2. The number of nitrogens with zero attached hydrogens (tertiary/aromatic N) is 2. The molecule has 1 aromatic heterocycles. The Balaban J connectivity index is 2.01. The Labute approximate surface area is 109 Å². The average molecular weight is 256 g/mol. The van der Waals surface area contributed by atoms with Gasteiger partial charge in [0, 0.05) is 12.6 Å². The van der Waals surface area contributed by atoms with Crippen molar-refractivity contribution in [2.75, 3.05) is 11.9 Å². The van der Waals surface area contributed by atoms with E-state index in [0.29, 0.717) is 5.15 Å². The number of rotatable bonds is 8. The molecule has 0 amide bonds. The number of hydrogen-bond acceptors (Lipinski definition) is 3. The molecule has 3 nitrogen and oxygen atoms in total. The van der Waals surface area contributed by atoms with Crippen molar-refractivity contribution in [2.24, 2.45) is 5.92 Å². The lowest BCUT2D eigenvalue weighted by Gasteiger charge is -2.06. The van der Waals surface area contributed by atoms with Gasteiger partial charge in [0.05, 0.1) is 0 Å².